The van der Waals surface area contributed by atoms with E-state index in [1.54, 1.807) is 0 Å². The second-order valence-corrected chi connectivity index (χ2v) is 7.07. The van der Waals surface area contributed by atoms with Gasteiger partial charge in [0.1, 0.15) is 5.82 Å². The van der Waals surface area contributed by atoms with Gasteiger partial charge in [-0.05, 0) is 51.6 Å². The fourth-order valence-corrected chi connectivity index (χ4v) is 3.69. The number of halogens is 1. The molecule has 0 spiro atoms. The van der Waals surface area contributed by atoms with Crippen molar-refractivity contribution in [2.45, 2.75) is 36.7 Å². The van der Waals surface area contributed by atoms with Gasteiger partial charge in [-0.3, -0.25) is 0 Å². The molecule has 1 aromatic rings. The molecule has 112 valence electrons. The highest BCUT2D eigenvalue weighted by Crippen LogP contribution is 2.20. The SMILES string of the molecule is CC1CC(NS(=O)(=O)c2ccc(F)c(N)c2)CCN1C. The molecule has 2 rings (SSSR count). The van der Waals surface area contributed by atoms with Crippen molar-refractivity contribution in [1.82, 2.24) is 9.62 Å². The van der Waals surface area contributed by atoms with Gasteiger partial charge in [0.2, 0.25) is 10.0 Å². The molecule has 0 radical (unpaired) electrons. The molecule has 2 atom stereocenters. The van der Waals surface area contributed by atoms with Crippen molar-refractivity contribution in [3.8, 4) is 0 Å². The van der Waals surface area contributed by atoms with E-state index in [0.717, 1.165) is 31.5 Å². The van der Waals surface area contributed by atoms with Crippen molar-refractivity contribution < 1.29 is 12.8 Å². The van der Waals surface area contributed by atoms with Gasteiger partial charge < -0.3 is 10.6 Å². The number of anilines is 1. The Morgan fingerprint density at radius 3 is 2.75 bits per heavy atom. The Labute approximate surface area is 119 Å². The number of nitrogens with two attached hydrogens (primary N) is 1. The normalized spacial score (nSPS) is 24.8. The van der Waals surface area contributed by atoms with E-state index in [0.29, 0.717) is 6.04 Å². The smallest absolute Gasteiger partial charge is 0.240 e. The zero-order chi connectivity index (χ0) is 14.9. The molecule has 1 heterocycles. The fourth-order valence-electron chi connectivity index (χ4n) is 2.37. The summed E-state index contributed by atoms with van der Waals surface area (Å²) in [7, 11) is -1.63. The van der Waals surface area contributed by atoms with E-state index in [4.69, 9.17) is 5.73 Å². The third-order valence-electron chi connectivity index (χ3n) is 3.81. The molecule has 5 nitrogen and oxygen atoms in total. The highest BCUT2D eigenvalue weighted by molar-refractivity contribution is 7.89. The maximum absolute atomic E-state index is 13.1. The Morgan fingerprint density at radius 2 is 2.15 bits per heavy atom. The van der Waals surface area contributed by atoms with E-state index in [1.165, 1.54) is 6.07 Å². The third-order valence-corrected chi connectivity index (χ3v) is 5.33. The number of rotatable bonds is 3. The number of nitrogens with one attached hydrogen (secondary N) is 1. The minimum atomic E-state index is -3.66. The summed E-state index contributed by atoms with van der Waals surface area (Å²) >= 11 is 0. The molecule has 0 saturated carbocycles. The number of hydrogen-bond acceptors (Lipinski definition) is 4. The molecule has 1 fully saturated rings. The average molecular weight is 301 g/mol. The van der Waals surface area contributed by atoms with Gasteiger partial charge in [0, 0.05) is 12.1 Å². The van der Waals surface area contributed by atoms with Gasteiger partial charge in [-0.1, -0.05) is 0 Å². The predicted octanol–water partition coefficient (Wildman–Crippen LogP) is 1.17. The second kappa shape index (κ2) is 5.67. The van der Waals surface area contributed by atoms with Crippen molar-refractivity contribution in [3.63, 3.8) is 0 Å². The summed E-state index contributed by atoms with van der Waals surface area (Å²) in [5.74, 6) is -0.614. The van der Waals surface area contributed by atoms with Crippen LogP contribution in [-0.4, -0.2) is 39.0 Å². The van der Waals surface area contributed by atoms with Crippen LogP contribution in [0.1, 0.15) is 19.8 Å². The van der Waals surface area contributed by atoms with Crippen molar-refractivity contribution in [1.29, 1.82) is 0 Å². The van der Waals surface area contributed by atoms with Crippen LogP contribution in [0.25, 0.3) is 0 Å². The first-order valence-electron chi connectivity index (χ1n) is 6.57. The zero-order valence-electron chi connectivity index (χ0n) is 11.6. The van der Waals surface area contributed by atoms with Crippen LogP contribution in [0.3, 0.4) is 0 Å². The minimum absolute atomic E-state index is 0.00276. The van der Waals surface area contributed by atoms with Crippen LogP contribution < -0.4 is 10.5 Å². The van der Waals surface area contributed by atoms with Crippen molar-refractivity contribution in [2.24, 2.45) is 0 Å². The molecule has 0 aromatic heterocycles. The number of nitrogens with zero attached hydrogens (tertiary/aromatic N) is 1. The standard InChI is InChI=1S/C13H20FN3O2S/c1-9-7-10(5-6-17(9)2)16-20(18,19)11-3-4-12(14)13(15)8-11/h3-4,8-10,16H,5-7,15H2,1-2H3. The van der Waals surface area contributed by atoms with Crippen LogP contribution in [-0.2, 0) is 10.0 Å². The molecular weight excluding hydrogens is 281 g/mol. The molecular formula is C13H20FN3O2S. The number of nitrogen functional groups attached to an aromatic ring is 1. The number of piperidine rings is 1. The molecule has 1 aromatic carbocycles. The number of likely N-dealkylation sites (tertiary alicyclic amines) is 1. The lowest BCUT2D eigenvalue weighted by atomic mass is 10.0. The van der Waals surface area contributed by atoms with Crippen LogP contribution >= 0.6 is 0 Å². The highest BCUT2D eigenvalue weighted by atomic mass is 32.2. The summed E-state index contributed by atoms with van der Waals surface area (Å²) in [6, 6.07) is 3.68. The van der Waals surface area contributed by atoms with E-state index < -0.39 is 15.8 Å². The average Bonchev–Trinajstić information content (AvgIpc) is 2.37. The third kappa shape index (κ3) is 3.28. The first kappa shape index (κ1) is 15.2. The molecule has 3 N–H and O–H groups in total. The van der Waals surface area contributed by atoms with Crippen LogP contribution in [0, 0.1) is 5.82 Å². The van der Waals surface area contributed by atoms with E-state index in [2.05, 4.69) is 16.5 Å². The number of benzene rings is 1. The van der Waals surface area contributed by atoms with Gasteiger partial charge >= 0.3 is 0 Å². The minimum Gasteiger partial charge on any atom is -0.396 e. The van der Waals surface area contributed by atoms with Crippen LogP contribution in [0.15, 0.2) is 23.1 Å². The zero-order valence-corrected chi connectivity index (χ0v) is 12.5. The summed E-state index contributed by atoms with van der Waals surface area (Å²) in [5, 5.41) is 0. The van der Waals surface area contributed by atoms with E-state index in [1.807, 2.05) is 7.05 Å². The number of sulfonamides is 1. The topological polar surface area (TPSA) is 75.4 Å². The van der Waals surface area contributed by atoms with Gasteiger partial charge in [-0.25, -0.2) is 17.5 Å². The van der Waals surface area contributed by atoms with Crippen LogP contribution in [0.5, 0.6) is 0 Å². The lowest BCUT2D eigenvalue weighted by molar-refractivity contribution is 0.178. The lowest BCUT2D eigenvalue weighted by Gasteiger charge is -2.35. The summed E-state index contributed by atoms with van der Waals surface area (Å²) in [5.41, 5.74) is 5.25. The predicted molar refractivity (Wildman–Crippen MR) is 76.2 cm³/mol. The monoisotopic (exact) mass is 301 g/mol. The van der Waals surface area contributed by atoms with Crippen LogP contribution in [0.4, 0.5) is 10.1 Å². The molecule has 20 heavy (non-hydrogen) atoms. The van der Waals surface area contributed by atoms with Gasteiger partial charge in [0.15, 0.2) is 0 Å². The summed E-state index contributed by atoms with van der Waals surface area (Å²) < 4.78 is 40.3. The molecule has 0 amide bonds. The molecule has 0 bridgehead atoms. The Kier molecular flexibility index (Phi) is 4.31. The number of hydrogen-bond donors (Lipinski definition) is 2. The summed E-state index contributed by atoms with van der Waals surface area (Å²) in [6.45, 7) is 2.91. The Morgan fingerprint density at radius 1 is 1.45 bits per heavy atom. The molecule has 1 aliphatic rings. The molecule has 1 saturated heterocycles. The summed E-state index contributed by atoms with van der Waals surface area (Å²) in [4.78, 5) is 2.20. The lowest BCUT2D eigenvalue weighted by Crippen LogP contribution is -2.47. The van der Waals surface area contributed by atoms with E-state index >= 15 is 0 Å². The van der Waals surface area contributed by atoms with E-state index in [9.17, 15) is 12.8 Å². The Balaban J connectivity index is 2.13. The maximum Gasteiger partial charge on any atom is 0.240 e. The van der Waals surface area contributed by atoms with Gasteiger partial charge in [0.25, 0.3) is 0 Å². The van der Waals surface area contributed by atoms with Crippen molar-refractivity contribution in [3.05, 3.63) is 24.0 Å². The highest BCUT2D eigenvalue weighted by Gasteiger charge is 2.27. The first-order valence-corrected chi connectivity index (χ1v) is 8.05. The fraction of sp³-hybridized carbons (Fsp3) is 0.538. The van der Waals surface area contributed by atoms with E-state index in [-0.39, 0.29) is 16.6 Å². The largest absolute Gasteiger partial charge is 0.396 e. The Hall–Kier alpha value is -1.18. The van der Waals surface area contributed by atoms with Gasteiger partial charge in [0.05, 0.1) is 10.6 Å². The first-order chi connectivity index (χ1) is 9.29. The Bertz CT molecular complexity index is 591. The van der Waals surface area contributed by atoms with Crippen LogP contribution in [0.2, 0.25) is 0 Å². The quantitative estimate of drug-likeness (QED) is 0.822. The molecule has 2 unspecified atom stereocenters. The second-order valence-electron chi connectivity index (χ2n) is 5.36. The van der Waals surface area contributed by atoms with Crippen molar-refractivity contribution >= 4 is 15.7 Å². The molecule has 1 aliphatic heterocycles. The molecule has 7 heteroatoms. The summed E-state index contributed by atoms with van der Waals surface area (Å²) in [6.07, 6.45) is 1.52. The maximum atomic E-state index is 13.1. The van der Waals surface area contributed by atoms with Gasteiger partial charge in [-0.15, -0.1) is 0 Å². The molecule has 0 aliphatic carbocycles. The van der Waals surface area contributed by atoms with Crippen molar-refractivity contribution in [2.75, 3.05) is 19.3 Å². The van der Waals surface area contributed by atoms with Gasteiger partial charge in [-0.2, -0.15) is 0 Å².